The van der Waals surface area contributed by atoms with Crippen LogP contribution in [-0.2, 0) is 25.5 Å². The van der Waals surface area contributed by atoms with Crippen LogP contribution in [-0.4, -0.2) is 30.4 Å². The monoisotopic (exact) mass is 448 g/mol. The molecule has 3 rings (SSSR count). The highest BCUT2D eigenvalue weighted by molar-refractivity contribution is 6.36. The van der Waals surface area contributed by atoms with Gasteiger partial charge in [0.25, 0.3) is 5.91 Å². The fourth-order valence-electron chi connectivity index (χ4n) is 3.32. The Morgan fingerprint density at radius 3 is 2.67 bits per heavy atom. The van der Waals surface area contributed by atoms with Crippen molar-refractivity contribution in [2.24, 2.45) is 5.92 Å². The first-order chi connectivity index (χ1) is 14.3. The van der Waals surface area contributed by atoms with Gasteiger partial charge in [-0.2, -0.15) is 0 Å². The van der Waals surface area contributed by atoms with Gasteiger partial charge in [0.2, 0.25) is 5.91 Å². The van der Waals surface area contributed by atoms with Crippen LogP contribution in [0, 0.1) is 5.92 Å². The molecule has 6 nitrogen and oxygen atoms in total. The van der Waals surface area contributed by atoms with E-state index in [1.54, 1.807) is 17.0 Å². The molecule has 1 aliphatic rings. The van der Waals surface area contributed by atoms with Crippen LogP contribution in [0.5, 0.6) is 0 Å². The van der Waals surface area contributed by atoms with Gasteiger partial charge in [0.15, 0.2) is 6.10 Å². The quantitative estimate of drug-likeness (QED) is 0.660. The van der Waals surface area contributed by atoms with Gasteiger partial charge >= 0.3 is 5.97 Å². The van der Waals surface area contributed by atoms with Gasteiger partial charge < -0.3 is 15.0 Å². The summed E-state index contributed by atoms with van der Waals surface area (Å²) < 4.78 is 5.32. The maximum atomic E-state index is 12.6. The van der Waals surface area contributed by atoms with Crippen LogP contribution >= 0.6 is 23.2 Å². The van der Waals surface area contributed by atoms with Crippen molar-refractivity contribution in [3.05, 3.63) is 58.1 Å². The highest BCUT2D eigenvalue weighted by Crippen LogP contribution is 2.29. The van der Waals surface area contributed by atoms with Crippen LogP contribution < -0.4 is 10.2 Å². The van der Waals surface area contributed by atoms with E-state index in [4.69, 9.17) is 27.9 Å². The van der Waals surface area contributed by atoms with E-state index in [0.29, 0.717) is 10.7 Å². The number of amides is 2. The number of anilines is 2. The van der Waals surface area contributed by atoms with Crippen molar-refractivity contribution in [3.63, 3.8) is 0 Å². The lowest BCUT2D eigenvalue weighted by Gasteiger charge is -2.20. The summed E-state index contributed by atoms with van der Waals surface area (Å²) >= 11 is 11.9. The zero-order chi connectivity index (χ0) is 21.8. The van der Waals surface area contributed by atoms with Crippen molar-refractivity contribution >= 4 is 52.4 Å². The normalized spacial score (nSPS) is 17.0. The minimum absolute atomic E-state index is 0.0498. The second kappa shape index (κ2) is 9.49. The molecule has 0 radical (unpaired) electrons. The standard InChI is InChI=1S/C22H22Cl2N2O4/c1-3-14-6-4-5-7-19(14)26-12-15(10-20(26)27)22(29)30-13(2)21(28)25-18-9-8-16(23)11-17(18)24/h4-9,11,13,15H,3,10,12H2,1-2H3,(H,25,28). The second-order valence-electron chi connectivity index (χ2n) is 7.08. The van der Waals surface area contributed by atoms with Gasteiger partial charge in [-0.1, -0.05) is 48.3 Å². The zero-order valence-corrected chi connectivity index (χ0v) is 18.2. The van der Waals surface area contributed by atoms with Gasteiger partial charge in [0, 0.05) is 23.7 Å². The number of halogens is 2. The third-order valence-electron chi connectivity index (χ3n) is 4.97. The lowest BCUT2D eigenvalue weighted by atomic mass is 10.1. The van der Waals surface area contributed by atoms with Crippen molar-refractivity contribution in [1.29, 1.82) is 0 Å². The summed E-state index contributed by atoms with van der Waals surface area (Å²) in [5, 5.41) is 3.33. The van der Waals surface area contributed by atoms with Gasteiger partial charge in [-0.05, 0) is 43.2 Å². The number of benzene rings is 2. The van der Waals surface area contributed by atoms with Crippen LogP contribution in [0.15, 0.2) is 42.5 Å². The Hall–Kier alpha value is -2.57. The molecule has 30 heavy (non-hydrogen) atoms. The molecule has 0 aliphatic carbocycles. The Labute approximate surface area is 185 Å². The number of nitrogens with zero attached hydrogens (tertiary/aromatic N) is 1. The molecule has 158 valence electrons. The summed E-state index contributed by atoms with van der Waals surface area (Å²) in [7, 11) is 0. The number of para-hydroxylation sites is 1. The topological polar surface area (TPSA) is 75.7 Å². The van der Waals surface area contributed by atoms with Crippen molar-refractivity contribution in [2.75, 3.05) is 16.8 Å². The maximum Gasteiger partial charge on any atom is 0.312 e. The Kier molecular flexibility index (Phi) is 7.00. The van der Waals surface area contributed by atoms with E-state index in [-0.39, 0.29) is 23.9 Å². The molecule has 2 aromatic carbocycles. The highest BCUT2D eigenvalue weighted by Gasteiger charge is 2.37. The molecule has 0 spiro atoms. The molecule has 0 bridgehead atoms. The first kappa shape index (κ1) is 22.1. The van der Waals surface area contributed by atoms with E-state index in [0.717, 1.165) is 17.7 Å². The van der Waals surface area contributed by atoms with Gasteiger partial charge in [0.05, 0.1) is 16.6 Å². The van der Waals surface area contributed by atoms with Crippen LogP contribution in [0.4, 0.5) is 11.4 Å². The maximum absolute atomic E-state index is 12.6. The summed E-state index contributed by atoms with van der Waals surface area (Å²) in [5.74, 6) is -1.87. The smallest absolute Gasteiger partial charge is 0.312 e. The predicted octanol–water partition coefficient (Wildman–Crippen LogP) is 4.48. The third-order valence-corrected chi connectivity index (χ3v) is 5.52. The Bertz CT molecular complexity index is 979. The summed E-state index contributed by atoms with van der Waals surface area (Å²) in [6.07, 6.45) is -0.218. The summed E-state index contributed by atoms with van der Waals surface area (Å²) in [6.45, 7) is 3.71. The molecule has 1 aliphatic heterocycles. The fraction of sp³-hybridized carbons (Fsp3) is 0.318. The van der Waals surface area contributed by atoms with E-state index < -0.39 is 23.9 Å². The molecule has 1 N–H and O–H groups in total. The van der Waals surface area contributed by atoms with Crippen molar-refractivity contribution < 1.29 is 19.1 Å². The fourth-order valence-corrected chi connectivity index (χ4v) is 3.78. The first-order valence-electron chi connectivity index (χ1n) is 9.64. The van der Waals surface area contributed by atoms with E-state index in [2.05, 4.69) is 5.32 Å². The van der Waals surface area contributed by atoms with Crippen molar-refractivity contribution in [2.45, 2.75) is 32.8 Å². The van der Waals surface area contributed by atoms with E-state index in [1.807, 2.05) is 31.2 Å². The van der Waals surface area contributed by atoms with Crippen molar-refractivity contribution in [1.82, 2.24) is 0 Å². The van der Waals surface area contributed by atoms with E-state index in [1.165, 1.54) is 13.0 Å². The van der Waals surface area contributed by atoms with Crippen LogP contribution in [0.3, 0.4) is 0 Å². The van der Waals surface area contributed by atoms with Gasteiger partial charge in [-0.15, -0.1) is 0 Å². The lowest BCUT2D eigenvalue weighted by Crippen LogP contribution is -2.33. The molecule has 8 heteroatoms. The Morgan fingerprint density at radius 2 is 1.97 bits per heavy atom. The zero-order valence-electron chi connectivity index (χ0n) is 16.7. The molecule has 1 saturated heterocycles. The summed E-state index contributed by atoms with van der Waals surface area (Å²) in [6, 6.07) is 12.3. The van der Waals surface area contributed by atoms with Gasteiger partial charge in [-0.3, -0.25) is 14.4 Å². The molecule has 0 aromatic heterocycles. The van der Waals surface area contributed by atoms with Crippen LogP contribution in [0.2, 0.25) is 10.0 Å². The van der Waals surface area contributed by atoms with Crippen LogP contribution in [0.25, 0.3) is 0 Å². The number of hydrogen-bond acceptors (Lipinski definition) is 4. The largest absolute Gasteiger partial charge is 0.452 e. The molecular formula is C22H22Cl2N2O4. The molecule has 0 saturated carbocycles. The highest BCUT2D eigenvalue weighted by atomic mass is 35.5. The second-order valence-corrected chi connectivity index (χ2v) is 7.92. The van der Waals surface area contributed by atoms with Gasteiger partial charge in [-0.25, -0.2) is 0 Å². The van der Waals surface area contributed by atoms with Crippen LogP contribution in [0.1, 0.15) is 25.8 Å². The van der Waals surface area contributed by atoms with E-state index >= 15 is 0 Å². The number of rotatable bonds is 6. The molecular weight excluding hydrogens is 427 g/mol. The average Bonchev–Trinajstić information content (AvgIpc) is 3.11. The number of carbonyl (C=O) groups excluding carboxylic acids is 3. The minimum Gasteiger partial charge on any atom is -0.452 e. The number of aryl methyl sites for hydroxylation is 1. The Balaban J connectivity index is 1.61. The predicted molar refractivity (Wildman–Crippen MR) is 117 cm³/mol. The number of esters is 1. The lowest BCUT2D eigenvalue weighted by molar-refractivity contribution is -0.157. The first-order valence-corrected chi connectivity index (χ1v) is 10.4. The van der Waals surface area contributed by atoms with Crippen molar-refractivity contribution in [3.8, 4) is 0 Å². The molecule has 2 amide bonds. The number of nitrogens with one attached hydrogen (secondary N) is 1. The molecule has 2 aromatic rings. The minimum atomic E-state index is -1.05. The Morgan fingerprint density at radius 1 is 1.23 bits per heavy atom. The summed E-state index contributed by atoms with van der Waals surface area (Å²) in [4.78, 5) is 39.1. The number of ether oxygens (including phenoxy) is 1. The average molecular weight is 449 g/mol. The SMILES string of the molecule is CCc1ccccc1N1CC(C(=O)OC(C)C(=O)Nc2ccc(Cl)cc2Cl)CC1=O. The molecule has 1 fully saturated rings. The number of hydrogen-bond donors (Lipinski definition) is 1. The number of carbonyl (C=O) groups is 3. The van der Waals surface area contributed by atoms with E-state index in [9.17, 15) is 14.4 Å². The molecule has 2 atom stereocenters. The molecule has 1 heterocycles. The molecule has 2 unspecified atom stereocenters. The third kappa shape index (κ3) is 4.94. The van der Waals surface area contributed by atoms with Gasteiger partial charge in [0.1, 0.15) is 0 Å². The summed E-state index contributed by atoms with van der Waals surface area (Å²) in [5.41, 5.74) is 2.21.